The maximum absolute atomic E-state index is 11.9. The molecule has 0 unspecified atom stereocenters. The summed E-state index contributed by atoms with van der Waals surface area (Å²) in [6.07, 6.45) is 2.05. The highest BCUT2D eigenvalue weighted by Gasteiger charge is 2.32. The van der Waals surface area contributed by atoms with Gasteiger partial charge >= 0.3 is 5.97 Å². The van der Waals surface area contributed by atoms with E-state index in [-0.39, 0.29) is 12.5 Å². The van der Waals surface area contributed by atoms with Gasteiger partial charge in [-0.25, -0.2) is 4.79 Å². The Bertz CT molecular complexity index is 414. The van der Waals surface area contributed by atoms with Gasteiger partial charge in [0.15, 0.2) is 0 Å². The van der Waals surface area contributed by atoms with E-state index in [4.69, 9.17) is 9.84 Å². The third-order valence-electron chi connectivity index (χ3n) is 2.67. The number of aliphatic carboxylic acids is 1. The van der Waals surface area contributed by atoms with Gasteiger partial charge in [-0.2, -0.15) is 0 Å². The second-order valence-electron chi connectivity index (χ2n) is 4.22. The summed E-state index contributed by atoms with van der Waals surface area (Å²) in [5.41, 5.74) is 0. The molecule has 2 rings (SSSR count). The molecule has 0 bridgehead atoms. The molecule has 1 amide bonds. The third kappa shape index (κ3) is 3.82. The molecule has 1 aliphatic rings. The molecule has 0 spiro atoms. The fourth-order valence-corrected chi connectivity index (χ4v) is 2.39. The zero-order valence-electron chi connectivity index (χ0n) is 9.87. The van der Waals surface area contributed by atoms with Crippen molar-refractivity contribution in [3.05, 3.63) is 22.4 Å². The molecule has 98 valence electrons. The zero-order valence-corrected chi connectivity index (χ0v) is 10.7. The van der Waals surface area contributed by atoms with E-state index < -0.39 is 12.6 Å². The first kappa shape index (κ1) is 13.0. The van der Waals surface area contributed by atoms with E-state index in [0.717, 1.165) is 17.7 Å². The maximum Gasteiger partial charge on any atom is 0.329 e. The van der Waals surface area contributed by atoms with Crippen LogP contribution in [0.2, 0.25) is 0 Å². The van der Waals surface area contributed by atoms with Crippen molar-refractivity contribution in [2.24, 2.45) is 0 Å². The lowest BCUT2D eigenvalue weighted by molar-refractivity contribution is -0.146. The molecule has 0 aromatic carbocycles. The Morgan fingerprint density at radius 1 is 1.44 bits per heavy atom. The summed E-state index contributed by atoms with van der Waals surface area (Å²) < 4.78 is 4.85. The predicted octanol–water partition coefficient (Wildman–Crippen LogP) is 1.34. The predicted molar refractivity (Wildman–Crippen MR) is 66.3 cm³/mol. The van der Waals surface area contributed by atoms with E-state index in [9.17, 15) is 9.59 Å². The number of carboxylic acid groups (broad SMARTS) is 1. The molecule has 0 atom stereocenters. The molecule has 1 fully saturated rings. The van der Waals surface area contributed by atoms with Gasteiger partial charge in [-0.3, -0.25) is 4.79 Å². The Kier molecular flexibility index (Phi) is 4.33. The lowest BCUT2D eigenvalue weighted by Gasteiger charge is -2.21. The summed E-state index contributed by atoms with van der Waals surface area (Å²) in [5, 5.41) is 10.4. The average molecular weight is 269 g/mol. The van der Waals surface area contributed by atoms with Gasteiger partial charge in [-0.05, 0) is 24.3 Å². The van der Waals surface area contributed by atoms with E-state index in [1.807, 2.05) is 17.5 Å². The lowest BCUT2D eigenvalue weighted by Crippen LogP contribution is -2.35. The van der Waals surface area contributed by atoms with Crippen molar-refractivity contribution >= 4 is 23.2 Å². The molecule has 0 radical (unpaired) electrons. The Morgan fingerprint density at radius 2 is 2.22 bits per heavy atom. The number of hydrogen-bond donors (Lipinski definition) is 1. The summed E-state index contributed by atoms with van der Waals surface area (Å²) in [6.45, 7) is 0.00895. The number of rotatable bonds is 7. The summed E-state index contributed by atoms with van der Waals surface area (Å²) in [6, 6.07) is 4.25. The van der Waals surface area contributed by atoms with Crippen LogP contribution in [0, 0.1) is 0 Å². The number of ether oxygens (including phenoxy) is 1. The second-order valence-corrected chi connectivity index (χ2v) is 5.25. The highest BCUT2D eigenvalue weighted by molar-refractivity contribution is 7.09. The molecule has 1 aromatic heterocycles. The molecule has 0 aliphatic heterocycles. The molecular weight excluding hydrogens is 254 g/mol. The monoisotopic (exact) mass is 269 g/mol. The van der Waals surface area contributed by atoms with Crippen LogP contribution in [0.1, 0.15) is 17.7 Å². The van der Waals surface area contributed by atoms with Gasteiger partial charge in [0.1, 0.15) is 13.2 Å². The van der Waals surface area contributed by atoms with E-state index >= 15 is 0 Å². The topological polar surface area (TPSA) is 66.8 Å². The summed E-state index contributed by atoms with van der Waals surface area (Å²) in [7, 11) is 0. The van der Waals surface area contributed by atoms with Crippen LogP contribution in [0.3, 0.4) is 0 Å². The maximum atomic E-state index is 11.9. The van der Waals surface area contributed by atoms with Crippen molar-refractivity contribution < 1.29 is 19.4 Å². The number of carbonyl (C=O) groups is 2. The Labute approximate surface area is 109 Å². The minimum absolute atomic E-state index is 0.132. The standard InChI is InChI=1S/C12H15NO4S/c14-11(7-17-8-12(15)16)13(9-3-4-9)6-10-2-1-5-18-10/h1-2,5,9H,3-4,6-8H2,(H,15,16). The molecule has 1 heterocycles. The first-order chi connectivity index (χ1) is 8.66. The van der Waals surface area contributed by atoms with Gasteiger partial charge in [-0.1, -0.05) is 6.07 Å². The van der Waals surface area contributed by atoms with Crippen molar-refractivity contribution in [3.8, 4) is 0 Å². The van der Waals surface area contributed by atoms with Crippen LogP contribution in [0.5, 0.6) is 0 Å². The average Bonchev–Trinajstić information content (AvgIpc) is 3.02. The molecule has 0 saturated heterocycles. The first-order valence-electron chi connectivity index (χ1n) is 5.78. The highest BCUT2D eigenvalue weighted by Crippen LogP contribution is 2.29. The van der Waals surface area contributed by atoms with Crippen LogP contribution >= 0.6 is 11.3 Å². The smallest absolute Gasteiger partial charge is 0.329 e. The minimum Gasteiger partial charge on any atom is -0.480 e. The molecule has 1 aliphatic carbocycles. The van der Waals surface area contributed by atoms with E-state index in [1.165, 1.54) is 0 Å². The van der Waals surface area contributed by atoms with Crippen molar-refractivity contribution in [3.63, 3.8) is 0 Å². The molecule has 6 heteroatoms. The molecule has 1 N–H and O–H groups in total. The van der Waals surface area contributed by atoms with Crippen LogP contribution < -0.4 is 0 Å². The van der Waals surface area contributed by atoms with Crippen molar-refractivity contribution in [1.82, 2.24) is 4.90 Å². The number of hydrogen-bond acceptors (Lipinski definition) is 4. The summed E-state index contributed by atoms with van der Waals surface area (Å²) in [5.74, 6) is -1.19. The number of nitrogens with zero attached hydrogens (tertiary/aromatic N) is 1. The number of amides is 1. The van der Waals surface area contributed by atoms with Crippen LogP contribution in [0.25, 0.3) is 0 Å². The van der Waals surface area contributed by atoms with Crippen LogP contribution in [0.4, 0.5) is 0 Å². The fourth-order valence-electron chi connectivity index (χ4n) is 1.69. The van der Waals surface area contributed by atoms with E-state index in [0.29, 0.717) is 12.6 Å². The van der Waals surface area contributed by atoms with E-state index in [2.05, 4.69) is 0 Å². The third-order valence-corrected chi connectivity index (χ3v) is 3.53. The lowest BCUT2D eigenvalue weighted by atomic mass is 10.4. The van der Waals surface area contributed by atoms with Crippen molar-refractivity contribution in [1.29, 1.82) is 0 Å². The highest BCUT2D eigenvalue weighted by atomic mass is 32.1. The van der Waals surface area contributed by atoms with E-state index in [1.54, 1.807) is 16.2 Å². The molecule has 18 heavy (non-hydrogen) atoms. The summed E-state index contributed by atoms with van der Waals surface area (Å²) >= 11 is 1.61. The van der Waals surface area contributed by atoms with Gasteiger partial charge in [0, 0.05) is 10.9 Å². The molecule has 1 aromatic rings. The van der Waals surface area contributed by atoms with Gasteiger partial charge in [-0.15, -0.1) is 11.3 Å². The number of thiophene rings is 1. The Hall–Kier alpha value is -1.40. The number of carboxylic acids is 1. The normalized spacial score (nSPS) is 14.4. The van der Waals surface area contributed by atoms with Gasteiger partial charge in [0.2, 0.25) is 5.91 Å². The number of carbonyl (C=O) groups excluding carboxylic acids is 1. The molecule has 5 nitrogen and oxygen atoms in total. The first-order valence-corrected chi connectivity index (χ1v) is 6.66. The Morgan fingerprint density at radius 3 is 2.78 bits per heavy atom. The van der Waals surface area contributed by atoms with Crippen molar-refractivity contribution in [2.45, 2.75) is 25.4 Å². The van der Waals surface area contributed by atoms with Gasteiger partial charge < -0.3 is 14.7 Å². The van der Waals surface area contributed by atoms with Crippen LogP contribution in [-0.2, 0) is 20.9 Å². The quantitative estimate of drug-likeness (QED) is 0.811. The van der Waals surface area contributed by atoms with Crippen molar-refractivity contribution in [2.75, 3.05) is 13.2 Å². The van der Waals surface area contributed by atoms with Crippen LogP contribution in [0.15, 0.2) is 17.5 Å². The fraction of sp³-hybridized carbons (Fsp3) is 0.500. The van der Waals surface area contributed by atoms with Crippen LogP contribution in [-0.4, -0.2) is 41.1 Å². The molecule has 1 saturated carbocycles. The second kappa shape index (κ2) is 5.97. The summed E-state index contributed by atoms with van der Waals surface area (Å²) in [4.78, 5) is 25.2. The largest absolute Gasteiger partial charge is 0.480 e. The zero-order chi connectivity index (χ0) is 13.0. The van der Waals surface area contributed by atoms with Gasteiger partial charge in [0.25, 0.3) is 0 Å². The van der Waals surface area contributed by atoms with Gasteiger partial charge in [0.05, 0.1) is 6.54 Å². The molecular formula is C12H15NO4S. The minimum atomic E-state index is -1.06. The Balaban J connectivity index is 1.85. The SMILES string of the molecule is O=C(O)COCC(=O)N(Cc1cccs1)C1CC1.